The lowest BCUT2D eigenvalue weighted by Gasteiger charge is -2.36. The third-order valence-corrected chi connectivity index (χ3v) is 6.72. The van der Waals surface area contributed by atoms with Crippen molar-refractivity contribution in [2.75, 3.05) is 59.4 Å². The molecule has 2 bridgehead atoms. The molecule has 3 aromatic heterocycles. The molecule has 9 nitrogen and oxygen atoms in total. The van der Waals surface area contributed by atoms with Crippen LogP contribution in [-0.2, 0) is 4.74 Å². The minimum atomic E-state index is -0.199. The van der Waals surface area contributed by atoms with Crippen molar-refractivity contribution in [3.8, 4) is 11.3 Å². The van der Waals surface area contributed by atoms with Crippen LogP contribution in [0.25, 0.3) is 11.3 Å². The number of hydrogen-bond donors (Lipinski definition) is 1. The third kappa shape index (κ3) is 3.81. The molecule has 0 spiro atoms. The Morgan fingerprint density at radius 3 is 2.74 bits per heavy atom. The Hall–Kier alpha value is -3.72. The van der Waals surface area contributed by atoms with Gasteiger partial charge in [-0.05, 0) is 43.7 Å². The molecule has 2 saturated heterocycles. The molecule has 0 unspecified atom stereocenters. The van der Waals surface area contributed by atoms with Crippen LogP contribution in [0.4, 0.5) is 27.8 Å². The number of urea groups is 1. The van der Waals surface area contributed by atoms with Crippen molar-refractivity contribution < 1.29 is 9.53 Å². The number of fused-ring (bicyclic) bond motifs is 4. The van der Waals surface area contributed by atoms with Crippen molar-refractivity contribution >= 4 is 29.0 Å². The van der Waals surface area contributed by atoms with Crippen LogP contribution in [0, 0.1) is 6.92 Å². The van der Waals surface area contributed by atoms with Gasteiger partial charge in [0.05, 0.1) is 30.6 Å². The van der Waals surface area contributed by atoms with E-state index in [0.29, 0.717) is 24.8 Å². The Labute approximate surface area is 198 Å². The van der Waals surface area contributed by atoms with Gasteiger partial charge in [0, 0.05) is 61.6 Å². The van der Waals surface area contributed by atoms with E-state index < -0.39 is 0 Å². The second-order valence-corrected chi connectivity index (χ2v) is 8.91. The Morgan fingerprint density at radius 1 is 1.03 bits per heavy atom. The maximum atomic E-state index is 13.6. The molecule has 34 heavy (non-hydrogen) atoms. The molecule has 1 N–H and O–H groups in total. The van der Waals surface area contributed by atoms with Crippen molar-refractivity contribution in [2.45, 2.75) is 19.4 Å². The first-order valence-corrected chi connectivity index (χ1v) is 11.7. The van der Waals surface area contributed by atoms with Crippen LogP contribution in [0.5, 0.6) is 0 Å². The molecular formula is C25H27N7O2. The summed E-state index contributed by atoms with van der Waals surface area (Å²) in [6, 6.07) is 11.8. The van der Waals surface area contributed by atoms with Crippen molar-refractivity contribution in [3.05, 3.63) is 54.5 Å². The molecule has 0 radical (unpaired) electrons. The first-order chi connectivity index (χ1) is 16.7. The highest BCUT2D eigenvalue weighted by Crippen LogP contribution is 2.40. The SMILES string of the molecule is Cc1cc(-c2ccc3c(n2)N(C(=O)Nc2cc(N4CCOCC4)ccn2)[C@H]2CCN3C2)ccn1. The standard InChI is InChI=1S/C25H27N7O2/c1-17-14-18(4-7-26-17)21-2-3-22-24(28-21)32(20-6-9-31(22)16-20)25(33)29-23-15-19(5-8-27-23)30-10-12-34-13-11-30/h2-5,7-8,14-15,20H,6,9-13,16H2,1H3,(H,27,29,33)/t20-/m0/s1. The highest BCUT2D eigenvalue weighted by Gasteiger charge is 2.40. The summed E-state index contributed by atoms with van der Waals surface area (Å²) in [7, 11) is 0. The lowest BCUT2D eigenvalue weighted by Crippen LogP contribution is -2.48. The number of aryl methyl sites for hydroxylation is 1. The van der Waals surface area contributed by atoms with Gasteiger partial charge in [-0.1, -0.05) is 0 Å². The van der Waals surface area contributed by atoms with E-state index in [0.717, 1.165) is 60.9 Å². The fourth-order valence-corrected chi connectivity index (χ4v) is 5.01. The molecule has 0 aromatic carbocycles. The molecule has 9 heteroatoms. The van der Waals surface area contributed by atoms with E-state index in [-0.39, 0.29) is 12.1 Å². The number of ether oxygens (including phenoxy) is 1. The third-order valence-electron chi connectivity index (χ3n) is 6.72. The van der Waals surface area contributed by atoms with E-state index in [1.807, 2.05) is 42.2 Å². The number of nitrogens with one attached hydrogen (secondary N) is 1. The maximum absolute atomic E-state index is 13.6. The average molecular weight is 458 g/mol. The monoisotopic (exact) mass is 457 g/mol. The van der Waals surface area contributed by atoms with Gasteiger partial charge in [-0.15, -0.1) is 0 Å². The van der Waals surface area contributed by atoms with Gasteiger partial charge in [0.1, 0.15) is 5.82 Å². The predicted molar refractivity (Wildman–Crippen MR) is 132 cm³/mol. The fraction of sp³-hybridized carbons (Fsp3) is 0.360. The van der Waals surface area contributed by atoms with E-state index in [9.17, 15) is 4.79 Å². The molecule has 2 amide bonds. The van der Waals surface area contributed by atoms with E-state index in [2.05, 4.69) is 31.2 Å². The maximum Gasteiger partial charge on any atom is 0.329 e. The second-order valence-electron chi connectivity index (χ2n) is 8.91. The Morgan fingerprint density at radius 2 is 1.88 bits per heavy atom. The number of aromatic nitrogens is 3. The molecule has 6 heterocycles. The minimum absolute atomic E-state index is 0.0804. The number of nitrogens with zero attached hydrogens (tertiary/aromatic N) is 6. The second kappa shape index (κ2) is 8.57. The van der Waals surface area contributed by atoms with Gasteiger partial charge in [-0.3, -0.25) is 15.2 Å². The highest BCUT2D eigenvalue weighted by atomic mass is 16.5. The van der Waals surface area contributed by atoms with E-state index in [1.165, 1.54) is 0 Å². The minimum Gasteiger partial charge on any atom is -0.378 e. The van der Waals surface area contributed by atoms with Crippen LogP contribution >= 0.6 is 0 Å². The van der Waals surface area contributed by atoms with Crippen molar-refractivity contribution in [3.63, 3.8) is 0 Å². The number of anilines is 4. The van der Waals surface area contributed by atoms with Crippen LogP contribution in [-0.4, -0.2) is 66.4 Å². The summed E-state index contributed by atoms with van der Waals surface area (Å²) in [6.07, 6.45) is 4.44. The highest BCUT2D eigenvalue weighted by molar-refractivity contribution is 6.04. The van der Waals surface area contributed by atoms with Crippen LogP contribution in [0.2, 0.25) is 0 Å². The van der Waals surface area contributed by atoms with E-state index in [4.69, 9.17) is 9.72 Å². The van der Waals surface area contributed by atoms with Crippen LogP contribution in [0.15, 0.2) is 48.8 Å². The van der Waals surface area contributed by atoms with Gasteiger partial charge in [0.15, 0.2) is 5.82 Å². The zero-order valence-corrected chi connectivity index (χ0v) is 19.1. The largest absolute Gasteiger partial charge is 0.378 e. The van der Waals surface area contributed by atoms with Crippen molar-refractivity contribution in [2.24, 2.45) is 0 Å². The smallest absolute Gasteiger partial charge is 0.329 e. The quantitative estimate of drug-likeness (QED) is 0.646. The predicted octanol–water partition coefficient (Wildman–Crippen LogP) is 3.31. The van der Waals surface area contributed by atoms with Crippen molar-refractivity contribution in [1.82, 2.24) is 15.0 Å². The lowest BCUT2D eigenvalue weighted by atomic mass is 10.1. The number of amides is 2. The van der Waals surface area contributed by atoms with Gasteiger partial charge in [0.2, 0.25) is 0 Å². The number of morpholine rings is 1. The summed E-state index contributed by atoms with van der Waals surface area (Å²) in [5.74, 6) is 1.24. The number of pyridine rings is 3. The molecule has 0 saturated carbocycles. The average Bonchev–Trinajstić information content (AvgIpc) is 3.28. The zero-order valence-electron chi connectivity index (χ0n) is 19.1. The molecule has 1 atom stereocenters. The molecule has 6 rings (SSSR count). The zero-order chi connectivity index (χ0) is 23.1. The summed E-state index contributed by atoms with van der Waals surface area (Å²) in [5, 5.41) is 3.03. The first kappa shape index (κ1) is 20.9. The molecule has 3 aliphatic heterocycles. The topological polar surface area (TPSA) is 86.7 Å². The van der Waals surface area contributed by atoms with Gasteiger partial charge in [-0.25, -0.2) is 14.8 Å². The van der Waals surface area contributed by atoms with Gasteiger partial charge < -0.3 is 14.5 Å². The summed E-state index contributed by atoms with van der Waals surface area (Å²) in [5.41, 5.74) is 4.78. The number of hydrogen-bond acceptors (Lipinski definition) is 7. The van der Waals surface area contributed by atoms with E-state index >= 15 is 0 Å². The Kier molecular flexibility index (Phi) is 5.26. The molecule has 2 fully saturated rings. The summed E-state index contributed by atoms with van der Waals surface area (Å²) in [4.78, 5) is 33.6. The number of carbonyl (C=O) groups is 1. The molecule has 174 valence electrons. The Bertz CT molecular complexity index is 1230. The molecular weight excluding hydrogens is 430 g/mol. The van der Waals surface area contributed by atoms with E-state index in [1.54, 1.807) is 12.4 Å². The lowest BCUT2D eigenvalue weighted by molar-refractivity contribution is 0.122. The van der Waals surface area contributed by atoms with Crippen LogP contribution < -0.4 is 20.0 Å². The van der Waals surface area contributed by atoms with Crippen molar-refractivity contribution in [1.29, 1.82) is 0 Å². The number of rotatable bonds is 3. The number of carbonyl (C=O) groups excluding carboxylic acids is 1. The summed E-state index contributed by atoms with van der Waals surface area (Å²) in [6.45, 7) is 6.77. The summed E-state index contributed by atoms with van der Waals surface area (Å²) < 4.78 is 5.46. The normalized spacial score (nSPS) is 19.2. The van der Waals surface area contributed by atoms with Gasteiger partial charge in [-0.2, -0.15) is 0 Å². The summed E-state index contributed by atoms with van der Waals surface area (Å²) >= 11 is 0. The molecule has 3 aromatic rings. The molecule has 0 aliphatic carbocycles. The fourth-order valence-electron chi connectivity index (χ4n) is 5.01. The van der Waals surface area contributed by atoms with Gasteiger partial charge in [0.25, 0.3) is 0 Å². The first-order valence-electron chi connectivity index (χ1n) is 11.7. The Balaban J connectivity index is 1.30. The molecule has 3 aliphatic rings. The van der Waals surface area contributed by atoms with Crippen LogP contribution in [0.3, 0.4) is 0 Å². The van der Waals surface area contributed by atoms with Gasteiger partial charge >= 0.3 is 6.03 Å². The van der Waals surface area contributed by atoms with Crippen LogP contribution in [0.1, 0.15) is 12.1 Å².